The van der Waals surface area contributed by atoms with Gasteiger partial charge in [0.15, 0.2) is 11.5 Å². The molecule has 2 aromatic carbocycles. The Morgan fingerprint density at radius 1 is 1.14 bits per heavy atom. The summed E-state index contributed by atoms with van der Waals surface area (Å²) in [6.07, 6.45) is -0.749. The van der Waals surface area contributed by atoms with Crippen molar-refractivity contribution in [2.45, 2.75) is 20.0 Å². The second kappa shape index (κ2) is 5.48. The normalized spacial score (nSPS) is 16.4. The standard InChI is InChI=1S/C17H16O4/c1-11-7-8-13(12(2)9-11)21-17(18)16-10-19-14-5-3-4-6-15(14)20-16/h3-9,16H,10H2,1-2H3. The highest BCUT2D eigenvalue weighted by atomic mass is 16.6. The van der Waals surface area contributed by atoms with Crippen LogP contribution in [0, 0.1) is 13.8 Å². The van der Waals surface area contributed by atoms with Gasteiger partial charge in [-0.15, -0.1) is 0 Å². The topological polar surface area (TPSA) is 44.8 Å². The van der Waals surface area contributed by atoms with Crippen molar-refractivity contribution >= 4 is 5.97 Å². The van der Waals surface area contributed by atoms with E-state index in [-0.39, 0.29) is 6.61 Å². The van der Waals surface area contributed by atoms with Crippen LogP contribution in [0.1, 0.15) is 11.1 Å². The first-order valence-electron chi connectivity index (χ1n) is 6.81. The smallest absolute Gasteiger partial charge is 0.356 e. The summed E-state index contributed by atoms with van der Waals surface area (Å²) in [4.78, 5) is 12.2. The van der Waals surface area contributed by atoms with Crippen molar-refractivity contribution < 1.29 is 19.0 Å². The Hall–Kier alpha value is -2.49. The van der Waals surface area contributed by atoms with Crippen molar-refractivity contribution in [3.63, 3.8) is 0 Å². The summed E-state index contributed by atoms with van der Waals surface area (Å²) in [5, 5.41) is 0. The van der Waals surface area contributed by atoms with E-state index in [1.54, 1.807) is 18.2 Å². The van der Waals surface area contributed by atoms with Gasteiger partial charge in [-0.2, -0.15) is 0 Å². The Bertz CT molecular complexity index is 678. The molecular formula is C17H16O4. The Morgan fingerprint density at radius 3 is 2.67 bits per heavy atom. The van der Waals surface area contributed by atoms with E-state index in [1.165, 1.54) is 0 Å². The van der Waals surface area contributed by atoms with Crippen LogP contribution in [0.5, 0.6) is 17.2 Å². The van der Waals surface area contributed by atoms with Crippen molar-refractivity contribution in [3.8, 4) is 17.2 Å². The van der Waals surface area contributed by atoms with Crippen molar-refractivity contribution in [1.29, 1.82) is 0 Å². The van der Waals surface area contributed by atoms with Crippen LogP contribution in [0.4, 0.5) is 0 Å². The summed E-state index contributed by atoms with van der Waals surface area (Å²) in [6, 6.07) is 12.9. The summed E-state index contributed by atoms with van der Waals surface area (Å²) in [7, 11) is 0. The first-order valence-corrected chi connectivity index (χ1v) is 6.81. The molecule has 0 aliphatic carbocycles. The monoisotopic (exact) mass is 284 g/mol. The molecule has 1 aliphatic rings. The third-order valence-electron chi connectivity index (χ3n) is 3.31. The van der Waals surface area contributed by atoms with E-state index in [9.17, 15) is 4.79 Å². The van der Waals surface area contributed by atoms with Gasteiger partial charge in [0.2, 0.25) is 6.10 Å². The summed E-state index contributed by atoms with van der Waals surface area (Å²) in [6.45, 7) is 4.05. The highest BCUT2D eigenvalue weighted by Crippen LogP contribution is 2.31. The van der Waals surface area contributed by atoms with Gasteiger partial charge in [-0.3, -0.25) is 0 Å². The number of ether oxygens (including phenoxy) is 3. The zero-order valence-corrected chi connectivity index (χ0v) is 12.0. The zero-order valence-electron chi connectivity index (χ0n) is 12.0. The molecule has 0 saturated carbocycles. The zero-order chi connectivity index (χ0) is 14.8. The molecule has 3 rings (SSSR count). The molecule has 0 fully saturated rings. The van der Waals surface area contributed by atoms with Crippen LogP contribution in [-0.4, -0.2) is 18.7 Å². The van der Waals surface area contributed by atoms with Crippen LogP contribution in [-0.2, 0) is 4.79 Å². The van der Waals surface area contributed by atoms with Gasteiger partial charge in [-0.25, -0.2) is 4.79 Å². The molecule has 21 heavy (non-hydrogen) atoms. The van der Waals surface area contributed by atoms with Gasteiger partial charge in [0.05, 0.1) is 0 Å². The van der Waals surface area contributed by atoms with Crippen molar-refractivity contribution in [3.05, 3.63) is 53.6 Å². The maximum absolute atomic E-state index is 12.2. The van der Waals surface area contributed by atoms with Crippen LogP contribution < -0.4 is 14.2 Å². The molecule has 1 atom stereocenters. The van der Waals surface area contributed by atoms with Gasteiger partial charge in [0.1, 0.15) is 12.4 Å². The molecule has 4 nitrogen and oxygen atoms in total. The number of hydrogen-bond donors (Lipinski definition) is 0. The Labute approximate surface area is 123 Å². The average Bonchev–Trinajstić information content (AvgIpc) is 2.49. The maximum Gasteiger partial charge on any atom is 0.356 e. The van der Waals surface area contributed by atoms with Crippen molar-refractivity contribution in [1.82, 2.24) is 0 Å². The number of rotatable bonds is 2. The SMILES string of the molecule is Cc1ccc(OC(=O)C2COc3ccccc3O2)c(C)c1. The molecule has 4 heteroatoms. The van der Waals surface area contributed by atoms with E-state index >= 15 is 0 Å². The first kappa shape index (κ1) is 13.5. The number of hydrogen-bond acceptors (Lipinski definition) is 4. The van der Waals surface area contributed by atoms with E-state index in [2.05, 4.69) is 0 Å². The fourth-order valence-corrected chi connectivity index (χ4v) is 2.22. The van der Waals surface area contributed by atoms with Gasteiger partial charge in [0, 0.05) is 0 Å². The molecule has 0 bridgehead atoms. The number of fused-ring (bicyclic) bond motifs is 1. The summed E-state index contributed by atoms with van der Waals surface area (Å²) < 4.78 is 16.6. The van der Waals surface area contributed by atoms with E-state index in [0.29, 0.717) is 17.2 Å². The van der Waals surface area contributed by atoms with Gasteiger partial charge in [-0.1, -0.05) is 29.8 Å². The Balaban J connectivity index is 1.72. The third kappa shape index (κ3) is 2.84. The Morgan fingerprint density at radius 2 is 1.90 bits per heavy atom. The second-order valence-electron chi connectivity index (χ2n) is 5.05. The summed E-state index contributed by atoms with van der Waals surface area (Å²) >= 11 is 0. The van der Waals surface area contributed by atoms with Crippen LogP contribution >= 0.6 is 0 Å². The van der Waals surface area contributed by atoms with Gasteiger partial charge in [-0.05, 0) is 37.6 Å². The number of benzene rings is 2. The van der Waals surface area contributed by atoms with Crippen molar-refractivity contribution in [2.75, 3.05) is 6.61 Å². The molecule has 0 spiro atoms. The molecule has 1 aliphatic heterocycles. The summed E-state index contributed by atoms with van der Waals surface area (Å²) in [5.41, 5.74) is 2.04. The molecule has 1 unspecified atom stereocenters. The molecule has 108 valence electrons. The number of aryl methyl sites for hydroxylation is 2. The predicted octanol–water partition coefficient (Wildman–Crippen LogP) is 3.05. The van der Waals surface area contributed by atoms with Crippen molar-refractivity contribution in [2.24, 2.45) is 0 Å². The van der Waals surface area contributed by atoms with Crippen LogP contribution in [0.3, 0.4) is 0 Å². The lowest BCUT2D eigenvalue weighted by molar-refractivity contribution is -0.144. The lowest BCUT2D eigenvalue weighted by Crippen LogP contribution is -2.39. The van der Waals surface area contributed by atoms with E-state index in [1.807, 2.05) is 38.1 Å². The average molecular weight is 284 g/mol. The molecule has 0 amide bonds. The quantitative estimate of drug-likeness (QED) is 0.628. The first-order chi connectivity index (χ1) is 10.1. The number of para-hydroxylation sites is 2. The van der Waals surface area contributed by atoms with Gasteiger partial charge >= 0.3 is 5.97 Å². The molecular weight excluding hydrogens is 268 g/mol. The van der Waals surface area contributed by atoms with E-state index in [0.717, 1.165) is 11.1 Å². The van der Waals surface area contributed by atoms with Gasteiger partial charge in [0.25, 0.3) is 0 Å². The van der Waals surface area contributed by atoms with Crippen LogP contribution in [0.2, 0.25) is 0 Å². The molecule has 0 aromatic heterocycles. The van der Waals surface area contributed by atoms with E-state index < -0.39 is 12.1 Å². The summed E-state index contributed by atoms with van der Waals surface area (Å²) in [5.74, 6) is 1.31. The number of esters is 1. The molecule has 1 heterocycles. The molecule has 0 radical (unpaired) electrons. The van der Waals surface area contributed by atoms with Crippen LogP contribution in [0.25, 0.3) is 0 Å². The molecule has 0 N–H and O–H groups in total. The molecule has 0 saturated heterocycles. The maximum atomic E-state index is 12.2. The highest BCUT2D eigenvalue weighted by Gasteiger charge is 2.29. The number of carbonyl (C=O) groups is 1. The molecule has 2 aromatic rings. The highest BCUT2D eigenvalue weighted by molar-refractivity contribution is 5.78. The van der Waals surface area contributed by atoms with E-state index in [4.69, 9.17) is 14.2 Å². The third-order valence-corrected chi connectivity index (χ3v) is 3.31. The fourth-order valence-electron chi connectivity index (χ4n) is 2.22. The fraction of sp³-hybridized carbons (Fsp3) is 0.235. The lowest BCUT2D eigenvalue weighted by atomic mass is 10.1. The lowest BCUT2D eigenvalue weighted by Gasteiger charge is -2.25. The Kier molecular flexibility index (Phi) is 3.52. The largest absolute Gasteiger partial charge is 0.485 e. The second-order valence-corrected chi connectivity index (χ2v) is 5.05. The number of carbonyl (C=O) groups excluding carboxylic acids is 1. The van der Waals surface area contributed by atoms with Crippen LogP contribution in [0.15, 0.2) is 42.5 Å². The van der Waals surface area contributed by atoms with Gasteiger partial charge < -0.3 is 14.2 Å². The minimum atomic E-state index is -0.749. The minimum Gasteiger partial charge on any atom is -0.485 e. The predicted molar refractivity (Wildman–Crippen MR) is 77.9 cm³/mol. The minimum absolute atomic E-state index is 0.154.